The van der Waals surface area contributed by atoms with Crippen molar-refractivity contribution >= 4 is 52.4 Å². The van der Waals surface area contributed by atoms with Crippen LogP contribution in [-0.4, -0.2) is 50.4 Å². The van der Waals surface area contributed by atoms with Crippen molar-refractivity contribution in [3.63, 3.8) is 0 Å². The third-order valence-corrected chi connectivity index (χ3v) is 7.18. The summed E-state index contributed by atoms with van der Waals surface area (Å²) in [7, 11) is 0. The molecule has 1 aliphatic carbocycles. The summed E-state index contributed by atoms with van der Waals surface area (Å²) in [6.07, 6.45) is 3.97. The second-order valence-corrected chi connectivity index (χ2v) is 9.78. The number of hydrazine groups is 1. The SMILES string of the molecule is C[C@@H]1C=CC[C@@H]2C(=O)N(N(C(=O)c3ccc([N+](=O)[O-])cc3)[C@@H](CCCl)C(=O)c3ccc(Cl)cc3)C(=O)[C@H]12. The third kappa shape index (κ3) is 5.01. The van der Waals surface area contributed by atoms with Crippen LogP contribution in [0.2, 0.25) is 5.02 Å². The molecule has 3 amide bonds. The van der Waals surface area contributed by atoms with Crippen molar-refractivity contribution in [2.24, 2.45) is 17.8 Å². The molecule has 1 aliphatic heterocycles. The summed E-state index contributed by atoms with van der Waals surface area (Å²) in [4.78, 5) is 65.2. The predicted octanol–water partition coefficient (Wildman–Crippen LogP) is 4.68. The number of nitro groups is 1. The number of carbonyl (C=O) groups excluding carboxylic acids is 4. The lowest BCUT2D eigenvalue weighted by Gasteiger charge is -2.36. The van der Waals surface area contributed by atoms with Crippen molar-refractivity contribution in [1.82, 2.24) is 10.0 Å². The number of nitrogens with zero attached hydrogens (tertiary/aromatic N) is 3. The Labute approximate surface area is 222 Å². The van der Waals surface area contributed by atoms with Crippen LogP contribution in [-0.2, 0) is 9.59 Å². The second-order valence-electron chi connectivity index (χ2n) is 8.96. The van der Waals surface area contributed by atoms with Crippen LogP contribution in [0.25, 0.3) is 0 Å². The normalized spacial score (nSPS) is 21.5. The lowest BCUT2D eigenvalue weighted by atomic mass is 9.78. The number of carbonyl (C=O) groups is 4. The first-order chi connectivity index (χ1) is 17.6. The molecule has 9 nitrogen and oxygen atoms in total. The Balaban J connectivity index is 1.81. The summed E-state index contributed by atoms with van der Waals surface area (Å²) in [5.41, 5.74) is -0.0554. The first-order valence-corrected chi connectivity index (χ1v) is 12.5. The van der Waals surface area contributed by atoms with Crippen LogP contribution in [0, 0.1) is 27.9 Å². The van der Waals surface area contributed by atoms with Gasteiger partial charge in [0.15, 0.2) is 5.78 Å². The van der Waals surface area contributed by atoms with E-state index in [0.717, 1.165) is 22.2 Å². The Hall–Kier alpha value is -3.56. The van der Waals surface area contributed by atoms with Gasteiger partial charge in [-0.15, -0.1) is 11.6 Å². The first kappa shape index (κ1) is 26.5. The van der Waals surface area contributed by atoms with Gasteiger partial charge in [0.25, 0.3) is 23.4 Å². The van der Waals surface area contributed by atoms with Crippen molar-refractivity contribution < 1.29 is 24.1 Å². The minimum Gasteiger partial charge on any atom is -0.292 e. The van der Waals surface area contributed by atoms with Crippen LogP contribution < -0.4 is 0 Å². The van der Waals surface area contributed by atoms with Gasteiger partial charge in [0.1, 0.15) is 6.04 Å². The average Bonchev–Trinajstić information content (AvgIpc) is 3.14. The second kappa shape index (κ2) is 10.8. The van der Waals surface area contributed by atoms with Gasteiger partial charge in [-0.25, -0.2) is 5.01 Å². The van der Waals surface area contributed by atoms with Crippen LogP contribution in [0.4, 0.5) is 5.69 Å². The number of imide groups is 1. The molecule has 1 saturated heterocycles. The summed E-state index contributed by atoms with van der Waals surface area (Å²) < 4.78 is 0. The highest BCUT2D eigenvalue weighted by Crippen LogP contribution is 2.40. The Morgan fingerprint density at radius 3 is 2.27 bits per heavy atom. The van der Waals surface area contributed by atoms with Crippen molar-refractivity contribution in [3.05, 3.63) is 86.9 Å². The van der Waals surface area contributed by atoms with E-state index in [-0.39, 0.29) is 35.0 Å². The van der Waals surface area contributed by atoms with E-state index < -0.39 is 46.3 Å². The van der Waals surface area contributed by atoms with Crippen molar-refractivity contribution in [1.29, 1.82) is 0 Å². The lowest BCUT2D eigenvalue weighted by Crippen LogP contribution is -2.57. The minimum absolute atomic E-state index is 0.0317. The molecular weight excluding hydrogens is 521 g/mol. The predicted molar refractivity (Wildman–Crippen MR) is 136 cm³/mol. The van der Waals surface area contributed by atoms with Gasteiger partial charge in [0, 0.05) is 34.2 Å². The highest BCUT2D eigenvalue weighted by Gasteiger charge is 2.54. The molecule has 2 aliphatic rings. The first-order valence-electron chi connectivity index (χ1n) is 11.6. The summed E-state index contributed by atoms with van der Waals surface area (Å²) in [6.45, 7) is 1.82. The Morgan fingerprint density at radius 1 is 1.08 bits per heavy atom. The van der Waals surface area contributed by atoms with Crippen LogP contribution in [0.15, 0.2) is 60.7 Å². The van der Waals surface area contributed by atoms with Gasteiger partial charge in [-0.1, -0.05) is 30.7 Å². The zero-order valence-corrected chi connectivity index (χ0v) is 21.3. The van der Waals surface area contributed by atoms with E-state index in [1.54, 1.807) is 0 Å². The third-order valence-electron chi connectivity index (χ3n) is 6.71. The van der Waals surface area contributed by atoms with E-state index in [2.05, 4.69) is 0 Å². The van der Waals surface area contributed by atoms with Gasteiger partial charge in [0.2, 0.25) is 0 Å². The standard InChI is InChI=1S/C26H23Cl2N3O6/c1-15-3-2-4-20-22(15)26(35)30(25(20)34)29(24(33)17-7-11-19(12-8-17)31(36)37)21(13-14-27)23(32)16-5-9-18(28)10-6-16/h2-3,5-12,15,20-22H,4,13-14H2,1H3/t15-,20+,21+,22-/m1/s1. The molecule has 192 valence electrons. The molecule has 0 aromatic heterocycles. The molecule has 0 spiro atoms. The van der Waals surface area contributed by atoms with Crippen LogP contribution in [0.5, 0.6) is 0 Å². The van der Waals surface area contributed by atoms with Gasteiger partial charge in [0.05, 0.1) is 16.8 Å². The lowest BCUT2D eigenvalue weighted by molar-refractivity contribution is -0.384. The number of Topliss-reactive ketones (excluding diaryl/α,β-unsaturated/α-hetero) is 1. The van der Waals surface area contributed by atoms with E-state index >= 15 is 0 Å². The quantitative estimate of drug-likeness (QED) is 0.119. The van der Waals surface area contributed by atoms with E-state index in [4.69, 9.17) is 23.2 Å². The average molecular weight is 544 g/mol. The van der Waals surface area contributed by atoms with E-state index in [0.29, 0.717) is 11.4 Å². The molecular formula is C26H23Cl2N3O6. The van der Waals surface area contributed by atoms with E-state index in [9.17, 15) is 29.3 Å². The molecule has 0 saturated carbocycles. The number of hydrogen-bond acceptors (Lipinski definition) is 6. The number of amides is 3. The largest absolute Gasteiger partial charge is 0.292 e. The monoisotopic (exact) mass is 543 g/mol. The number of fused-ring (bicyclic) bond motifs is 1. The van der Waals surface area contributed by atoms with Crippen LogP contribution in [0.1, 0.15) is 40.5 Å². The van der Waals surface area contributed by atoms with Crippen molar-refractivity contribution in [2.75, 3.05) is 5.88 Å². The molecule has 2 aromatic carbocycles. The molecule has 0 bridgehead atoms. The number of benzene rings is 2. The fourth-order valence-electron chi connectivity index (χ4n) is 4.85. The molecule has 0 radical (unpaired) electrons. The summed E-state index contributed by atoms with van der Waals surface area (Å²) in [6, 6.07) is 9.44. The van der Waals surface area contributed by atoms with Crippen LogP contribution in [0.3, 0.4) is 0 Å². The topological polar surface area (TPSA) is 118 Å². The number of ketones is 1. The molecule has 1 heterocycles. The van der Waals surface area contributed by atoms with Gasteiger partial charge in [-0.05, 0) is 55.2 Å². The Morgan fingerprint density at radius 2 is 1.70 bits per heavy atom. The molecule has 0 N–H and O–H groups in total. The highest BCUT2D eigenvalue weighted by molar-refractivity contribution is 6.30. The fourth-order valence-corrected chi connectivity index (χ4v) is 5.18. The molecule has 37 heavy (non-hydrogen) atoms. The van der Waals surface area contributed by atoms with Gasteiger partial charge >= 0.3 is 0 Å². The number of alkyl halides is 1. The van der Waals surface area contributed by atoms with Gasteiger partial charge < -0.3 is 0 Å². The molecule has 0 unspecified atom stereocenters. The number of nitro benzene ring substituents is 1. The smallest absolute Gasteiger partial charge is 0.273 e. The molecule has 1 fully saturated rings. The maximum Gasteiger partial charge on any atom is 0.273 e. The van der Waals surface area contributed by atoms with Crippen molar-refractivity contribution in [2.45, 2.75) is 25.8 Å². The van der Waals surface area contributed by atoms with E-state index in [1.165, 1.54) is 36.4 Å². The number of rotatable bonds is 8. The summed E-state index contributed by atoms with van der Waals surface area (Å²) in [5, 5.41) is 13.2. The maximum absolute atomic E-state index is 13.9. The van der Waals surface area contributed by atoms with Gasteiger partial charge in [-0.2, -0.15) is 5.01 Å². The summed E-state index contributed by atoms with van der Waals surface area (Å²) >= 11 is 12.0. The Bertz CT molecular complexity index is 1280. The number of allylic oxidation sites excluding steroid dienone is 2. The van der Waals surface area contributed by atoms with Crippen molar-refractivity contribution in [3.8, 4) is 0 Å². The zero-order chi connectivity index (χ0) is 26.9. The zero-order valence-electron chi connectivity index (χ0n) is 19.8. The summed E-state index contributed by atoms with van der Waals surface area (Å²) in [5.74, 6) is -4.14. The molecule has 11 heteroatoms. The van der Waals surface area contributed by atoms with Crippen LogP contribution >= 0.6 is 23.2 Å². The maximum atomic E-state index is 13.9. The number of hydrogen-bond donors (Lipinski definition) is 0. The minimum atomic E-state index is -1.29. The number of non-ortho nitro benzene ring substituents is 1. The molecule has 4 rings (SSSR count). The molecule has 2 aromatic rings. The van der Waals surface area contributed by atoms with E-state index in [1.807, 2.05) is 19.1 Å². The Kier molecular flexibility index (Phi) is 7.75. The molecule has 4 atom stereocenters. The highest BCUT2D eigenvalue weighted by atomic mass is 35.5. The van der Waals surface area contributed by atoms with Gasteiger partial charge in [-0.3, -0.25) is 29.3 Å². The fraction of sp³-hybridized carbons (Fsp3) is 0.308. The number of halogens is 2.